The molecule has 0 fully saturated rings. The minimum atomic E-state index is 0.0354. The van der Waals surface area contributed by atoms with Crippen LogP contribution in [0, 0.1) is 11.3 Å². The Labute approximate surface area is 112 Å². The van der Waals surface area contributed by atoms with Crippen LogP contribution in [0.1, 0.15) is 28.4 Å². The monoisotopic (exact) mass is 251 g/mol. The molecule has 0 aromatic heterocycles. The molecule has 0 N–H and O–H groups in total. The molecule has 0 amide bonds. The highest BCUT2D eigenvalue weighted by Gasteiger charge is 2.00. The minimum Gasteiger partial charge on any atom is -0.489 e. The van der Waals surface area contributed by atoms with Crippen LogP contribution in [0.5, 0.6) is 5.75 Å². The molecule has 0 bridgehead atoms. The maximum atomic E-state index is 11.1. The average molecular weight is 251 g/mol. The zero-order chi connectivity index (χ0) is 13.7. The summed E-state index contributed by atoms with van der Waals surface area (Å²) in [6.45, 7) is 1.93. The first-order valence-electron chi connectivity index (χ1n) is 5.92. The molecule has 0 atom stereocenters. The van der Waals surface area contributed by atoms with Gasteiger partial charge in [0.1, 0.15) is 12.4 Å². The van der Waals surface area contributed by atoms with Crippen LogP contribution in [-0.4, -0.2) is 5.78 Å². The molecule has 0 heterocycles. The van der Waals surface area contributed by atoms with Crippen molar-refractivity contribution in [1.82, 2.24) is 0 Å². The van der Waals surface area contributed by atoms with Crippen molar-refractivity contribution >= 4 is 5.78 Å². The summed E-state index contributed by atoms with van der Waals surface area (Å²) in [6.07, 6.45) is 0. The molecule has 19 heavy (non-hydrogen) atoms. The summed E-state index contributed by atoms with van der Waals surface area (Å²) in [5.41, 5.74) is 2.22. The van der Waals surface area contributed by atoms with Crippen LogP contribution in [-0.2, 0) is 6.61 Å². The minimum absolute atomic E-state index is 0.0354. The molecule has 94 valence electrons. The Morgan fingerprint density at radius 2 is 1.95 bits per heavy atom. The number of ether oxygens (including phenoxy) is 1. The molecule has 2 rings (SSSR count). The summed E-state index contributed by atoms with van der Waals surface area (Å²) in [5.74, 6) is 0.737. The van der Waals surface area contributed by atoms with E-state index in [1.54, 1.807) is 36.4 Å². The fourth-order valence-electron chi connectivity index (χ4n) is 1.68. The number of nitrogens with zero attached hydrogens (tertiary/aromatic N) is 1. The molecule has 2 aromatic rings. The van der Waals surface area contributed by atoms with Gasteiger partial charge < -0.3 is 4.74 Å². The lowest BCUT2D eigenvalue weighted by atomic mass is 10.1. The number of rotatable bonds is 4. The summed E-state index contributed by atoms with van der Waals surface area (Å²) < 4.78 is 5.61. The molecule has 0 aliphatic rings. The van der Waals surface area contributed by atoms with Gasteiger partial charge in [-0.3, -0.25) is 4.79 Å². The SMILES string of the molecule is CC(=O)c1ccc(OCc2cccc(C#N)c2)cc1. The van der Waals surface area contributed by atoms with Crippen molar-refractivity contribution in [2.75, 3.05) is 0 Å². The first-order chi connectivity index (χ1) is 9.19. The van der Waals surface area contributed by atoms with Crippen molar-refractivity contribution in [1.29, 1.82) is 5.26 Å². The first kappa shape index (κ1) is 12.8. The van der Waals surface area contributed by atoms with Gasteiger partial charge >= 0.3 is 0 Å². The van der Waals surface area contributed by atoms with Gasteiger partial charge in [-0.25, -0.2) is 0 Å². The van der Waals surface area contributed by atoms with Crippen LogP contribution in [0.3, 0.4) is 0 Å². The smallest absolute Gasteiger partial charge is 0.159 e. The highest BCUT2D eigenvalue weighted by atomic mass is 16.5. The van der Waals surface area contributed by atoms with Gasteiger partial charge in [-0.2, -0.15) is 5.26 Å². The maximum Gasteiger partial charge on any atom is 0.159 e. The van der Waals surface area contributed by atoms with E-state index in [9.17, 15) is 4.79 Å². The van der Waals surface area contributed by atoms with Crippen molar-refractivity contribution in [3.8, 4) is 11.8 Å². The van der Waals surface area contributed by atoms with E-state index in [1.165, 1.54) is 6.92 Å². The fraction of sp³-hybridized carbons (Fsp3) is 0.125. The normalized spacial score (nSPS) is 9.68. The third-order valence-corrected chi connectivity index (χ3v) is 2.72. The Morgan fingerprint density at radius 3 is 2.58 bits per heavy atom. The predicted molar refractivity (Wildman–Crippen MR) is 71.9 cm³/mol. The molecular weight excluding hydrogens is 238 g/mol. The second-order valence-corrected chi connectivity index (χ2v) is 4.18. The van der Waals surface area contributed by atoms with Crippen LogP contribution in [0.25, 0.3) is 0 Å². The lowest BCUT2D eigenvalue weighted by Gasteiger charge is -2.07. The number of benzene rings is 2. The molecule has 0 saturated carbocycles. The quantitative estimate of drug-likeness (QED) is 0.783. The highest BCUT2D eigenvalue weighted by Crippen LogP contribution is 2.15. The van der Waals surface area contributed by atoms with E-state index in [1.807, 2.05) is 12.1 Å². The third kappa shape index (κ3) is 3.43. The van der Waals surface area contributed by atoms with Crippen LogP contribution in [0.2, 0.25) is 0 Å². The summed E-state index contributed by atoms with van der Waals surface area (Å²) in [7, 11) is 0. The summed E-state index contributed by atoms with van der Waals surface area (Å²) in [6, 6.07) is 16.4. The van der Waals surface area contributed by atoms with E-state index in [4.69, 9.17) is 10.00 Å². The summed E-state index contributed by atoms with van der Waals surface area (Å²) >= 11 is 0. The molecule has 0 aliphatic heterocycles. The van der Waals surface area contributed by atoms with Gasteiger partial charge in [0.15, 0.2) is 5.78 Å². The Kier molecular flexibility index (Phi) is 3.94. The highest BCUT2D eigenvalue weighted by molar-refractivity contribution is 5.94. The number of nitriles is 1. The van der Waals surface area contributed by atoms with Gasteiger partial charge in [0.25, 0.3) is 0 Å². The number of carbonyl (C=O) groups excluding carboxylic acids is 1. The zero-order valence-corrected chi connectivity index (χ0v) is 10.6. The second-order valence-electron chi connectivity index (χ2n) is 4.18. The van der Waals surface area contributed by atoms with Gasteiger partial charge in [-0.15, -0.1) is 0 Å². The Hall–Kier alpha value is -2.60. The van der Waals surface area contributed by atoms with E-state index < -0.39 is 0 Å². The zero-order valence-electron chi connectivity index (χ0n) is 10.6. The third-order valence-electron chi connectivity index (χ3n) is 2.72. The number of Topliss-reactive ketones (excluding diaryl/α,β-unsaturated/α-hetero) is 1. The second kappa shape index (κ2) is 5.83. The first-order valence-corrected chi connectivity index (χ1v) is 5.92. The number of ketones is 1. The Balaban J connectivity index is 2.02. The Morgan fingerprint density at radius 1 is 1.21 bits per heavy atom. The van der Waals surface area contributed by atoms with Crippen molar-refractivity contribution in [2.24, 2.45) is 0 Å². The molecular formula is C16H13NO2. The van der Waals surface area contributed by atoms with Crippen molar-refractivity contribution < 1.29 is 9.53 Å². The van der Waals surface area contributed by atoms with Crippen LogP contribution < -0.4 is 4.74 Å². The Bertz CT molecular complexity index is 624. The van der Waals surface area contributed by atoms with E-state index in [-0.39, 0.29) is 5.78 Å². The van der Waals surface area contributed by atoms with E-state index in [2.05, 4.69) is 6.07 Å². The summed E-state index contributed by atoms with van der Waals surface area (Å²) in [5, 5.41) is 8.81. The molecule has 0 spiro atoms. The standard InChI is InChI=1S/C16H13NO2/c1-12(18)15-5-7-16(8-6-15)19-11-14-4-2-3-13(9-14)10-17/h2-9H,11H2,1H3. The molecule has 2 aromatic carbocycles. The van der Waals surface area contributed by atoms with Gasteiger partial charge in [-0.1, -0.05) is 12.1 Å². The van der Waals surface area contributed by atoms with Gasteiger partial charge in [0.2, 0.25) is 0 Å². The van der Waals surface area contributed by atoms with E-state index in [0.717, 1.165) is 5.56 Å². The molecule has 0 radical (unpaired) electrons. The molecule has 0 aliphatic carbocycles. The molecule has 0 saturated heterocycles. The lowest BCUT2D eigenvalue weighted by Crippen LogP contribution is -1.97. The van der Waals surface area contributed by atoms with Crippen molar-refractivity contribution in [3.63, 3.8) is 0 Å². The van der Waals surface area contributed by atoms with Crippen LogP contribution in [0.4, 0.5) is 0 Å². The maximum absolute atomic E-state index is 11.1. The largest absolute Gasteiger partial charge is 0.489 e. The fourth-order valence-corrected chi connectivity index (χ4v) is 1.68. The molecule has 0 unspecified atom stereocenters. The summed E-state index contributed by atoms with van der Waals surface area (Å²) in [4.78, 5) is 11.1. The predicted octanol–water partition coefficient (Wildman–Crippen LogP) is 3.34. The lowest BCUT2D eigenvalue weighted by molar-refractivity contribution is 0.101. The van der Waals surface area contributed by atoms with Crippen molar-refractivity contribution in [2.45, 2.75) is 13.5 Å². The van der Waals surface area contributed by atoms with Crippen LogP contribution >= 0.6 is 0 Å². The average Bonchev–Trinajstić information content (AvgIpc) is 2.46. The molecule has 3 nitrogen and oxygen atoms in total. The van der Waals surface area contributed by atoms with E-state index >= 15 is 0 Å². The van der Waals surface area contributed by atoms with Gasteiger partial charge in [0.05, 0.1) is 11.6 Å². The van der Waals surface area contributed by atoms with Crippen LogP contribution in [0.15, 0.2) is 48.5 Å². The molecule has 3 heteroatoms. The number of hydrogen-bond donors (Lipinski definition) is 0. The number of hydrogen-bond acceptors (Lipinski definition) is 3. The topological polar surface area (TPSA) is 50.1 Å². The van der Waals surface area contributed by atoms with E-state index in [0.29, 0.717) is 23.5 Å². The number of carbonyl (C=O) groups is 1. The van der Waals surface area contributed by atoms with Gasteiger partial charge in [-0.05, 0) is 48.9 Å². The van der Waals surface area contributed by atoms with Gasteiger partial charge in [0, 0.05) is 5.56 Å². The van der Waals surface area contributed by atoms with Crippen molar-refractivity contribution in [3.05, 3.63) is 65.2 Å².